The second kappa shape index (κ2) is 7.60. The Morgan fingerprint density at radius 3 is 3.00 bits per heavy atom. The number of hydrogen-bond acceptors (Lipinski definition) is 3. The summed E-state index contributed by atoms with van der Waals surface area (Å²) >= 11 is 0. The summed E-state index contributed by atoms with van der Waals surface area (Å²) in [6.45, 7) is -0.0831. The van der Waals surface area contributed by atoms with E-state index in [1.165, 1.54) is 11.1 Å². The van der Waals surface area contributed by atoms with Crippen molar-refractivity contribution in [3.63, 3.8) is 0 Å². The molecule has 136 valence electrons. The lowest BCUT2D eigenvalue weighted by Gasteiger charge is -2.12. The van der Waals surface area contributed by atoms with Crippen LogP contribution in [0.2, 0.25) is 0 Å². The molecule has 0 spiro atoms. The van der Waals surface area contributed by atoms with Gasteiger partial charge in [0.25, 0.3) is 0 Å². The van der Waals surface area contributed by atoms with E-state index in [0.29, 0.717) is 0 Å². The quantitative estimate of drug-likeness (QED) is 0.688. The van der Waals surface area contributed by atoms with Gasteiger partial charge in [-0.1, -0.05) is 30.3 Å². The first-order chi connectivity index (χ1) is 13.2. The van der Waals surface area contributed by atoms with Gasteiger partial charge in [0, 0.05) is 24.0 Å². The minimum absolute atomic E-state index is 0.0787. The normalized spacial score (nSPS) is 15.8. The molecule has 1 aliphatic carbocycles. The van der Waals surface area contributed by atoms with E-state index in [0.717, 1.165) is 29.7 Å². The lowest BCUT2D eigenvalue weighted by atomic mass is 10.1. The number of hydrogen-bond donors (Lipinski definition) is 2. The molecule has 1 amide bonds. The fourth-order valence-corrected chi connectivity index (χ4v) is 3.59. The number of aliphatic hydroxyl groups is 1. The summed E-state index contributed by atoms with van der Waals surface area (Å²) in [5.41, 5.74) is 5.05. The van der Waals surface area contributed by atoms with Gasteiger partial charge >= 0.3 is 0 Å². The van der Waals surface area contributed by atoms with E-state index in [1.807, 2.05) is 41.1 Å². The van der Waals surface area contributed by atoms with E-state index in [4.69, 9.17) is 0 Å². The second-order valence-electron chi connectivity index (χ2n) is 6.65. The fourth-order valence-electron chi connectivity index (χ4n) is 3.59. The number of aryl methyl sites for hydroxylation is 1. The number of amides is 1. The zero-order chi connectivity index (χ0) is 18.6. The maximum Gasteiger partial charge on any atom is 0.244 e. The van der Waals surface area contributed by atoms with E-state index in [2.05, 4.69) is 22.4 Å². The van der Waals surface area contributed by atoms with Gasteiger partial charge in [0.05, 0.1) is 24.7 Å². The summed E-state index contributed by atoms with van der Waals surface area (Å²) < 4.78 is 1.85. The van der Waals surface area contributed by atoms with Gasteiger partial charge in [0.2, 0.25) is 5.91 Å². The molecule has 0 saturated carbocycles. The second-order valence-corrected chi connectivity index (χ2v) is 6.65. The monoisotopic (exact) mass is 359 g/mol. The van der Waals surface area contributed by atoms with Crippen LogP contribution in [0.1, 0.15) is 34.7 Å². The van der Waals surface area contributed by atoms with Crippen LogP contribution >= 0.6 is 0 Å². The number of benzene rings is 2. The molecular weight excluding hydrogens is 338 g/mol. The SMILES string of the molecule is O=C(/C=C/c1ccc(-n2ccnc2)c(CO)c1)NC1CCc2ccccc21. The number of carbonyl (C=O) groups is 1. The third kappa shape index (κ3) is 3.68. The number of aliphatic hydroxyl groups excluding tert-OH is 1. The number of aromatic nitrogens is 2. The Hall–Kier alpha value is -3.18. The zero-order valence-electron chi connectivity index (χ0n) is 14.9. The molecule has 0 saturated heterocycles. The topological polar surface area (TPSA) is 67.2 Å². The van der Waals surface area contributed by atoms with Crippen LogP contribution in [0.4, 0.5) is 0 Å². The summed E-state index contributed by atoms with van der Waals surface area (Å²) in [6, 6.07) is 14.0. The van der Waals surface area contributed by atoms with Crippen LogP contribution in [0, 0.1) is 0 Å². The van der Waals surface area contributed by atoms with Gasteiger partial charge in [-0.2, -0.15) is 0 Å². The lowest BCUT2D eigenvalue weighted by Crippen LogP contribution is -2.25. The molecule has 4 rings (SSSR count). The van der Waals surface area contributed by atoms with Crippen molar-refractivity contribution in [1.82, 2.24) is 14.9 Å². The number of nitrogens with zero attached hydrogens (tertiary/aromatic N) is 2. The highest BCUT2D eigenvalue weighted by Crippen LogP contribution is 2.30. The molecule has 1 atom stereocenters. The molecule has 3 aromatic rings. The average molecular weight is 359 g/mol. The van der Waals surface area contributed by atoms with Crippen molar-refractivity contribution in [2.45, 2.75) is 25.5 Å². The van der Waals surface area contributed by atoms with Crippen LogP contribution < -0.4 is 5.32 Å². The first-order valence-corrected chi connectivity index (χ1v) is 9.03. The molecule has 27 heavy (non-hydrogen) atoms. The highest BCUT2D eigenvalue weighted by molar-refractivity contribution is 5.92. The molecule has 5 heteroatoms. The van der Waals surface area contributed by atoms with Crippen LogP contribution in [-0.4, -0.2) is 20.6 Å². The molecule has 5 nitrogen and oxygen atoms in total. The van der Waals surface area contributed by atoms with Crippen LogP contribution in [0.25, 0.3) is 11.8 Å². The summed E-state index contributed by atoms with van der Waals surface area (Å²) in [6.07, 6.45) is 10.5. The van der Waals surface area contributed by atoms with Crippen molar-refractivity contribution >= 4 is 12.0 Å². The summed E-state index contributed by atoms with van der Waals surface area (Å²) in [5, 5.41) is 12.7. The molecule has 0 bridgehead atoms. The van der Waals surface area contributed by atoms with E-state index in [1.54, 1.807) is 24.7 Å². The van der Waals surface area contributed by atoms with Crippen LogP contribution in [0.15, 0.2) is 67.3 Å². The van der Waals surface area contributed by atoms with Gasteiger partial charge in [-0.05, 0) is 47.7 Å². The standard InChI is InChI=1S/C22H21N3O2/c26-14-18-13-16(5-9-21(18)25-12-11-23-15-25)6-10-22(27)24-20-8-7-17-3-1-2-4-19(17)20/h1-6,9-13,15,20,26H,7-8,14H2,(H,24,27)/b10-6+. The Morgan fingerprint density at radius 2 is 2.19 bits per heavy atom. The van der Waals surface area contributed by atoms with Gasteiger partial charge in [-0.3, -0.25) is 4.79 Å². The average Bonchev–Trinajstić information content (AvgIpc) is 3.37. The summed E-state index contributed by atoms with van der Waals surface area (Å²) in [4.78, 5) is 16.4. The van der Waals surface area contributed by atoms with Crippen molar-refractivity contribution in [2.75, 3.05) is 0 Å². The molecular formula is C22H21N3O2. The third-order valence-corrected chi connectivity index (χ3v) is 4.93. The van der Waals surface area contributed by atoms with Crippen molar-refractivity contribution in [1.29, 1.82) is 0 Å². The molecule has 0 aliphatic heterocycles. The Morgan fingerprint density at radius 1 is 1.30 bits per heavy atom. The maximum absolute atomic E-state index is 12.3. The lowest BCUT2D eigenvalue weighted by molar-refractivity contribution is -0.117. The van der Waals surface area contributed by atoms with E-state index in [9.17, 15) is 9.90 Å². The molecule has 1 heterocycles. The van der Waals surface area contributed by atoms with Gasteiger partial charge in [-0.15, -0.1) is 0 Å². The first kappa shape index (κ1) is 17.2. The van der Waals surface area contributed by atoms with Crippen molar-refractivity contribution in [3.05, 3.63) is 89.5 Å². The highest BCUT2D eigenvalue weighted by atomic mass is 16.3. The van der Waals surface area contributed by atoms with E-state index < -0.39 is 0 Å². The minimum atomic E-state index is -0.110. The molecule has 1 aromatic heterocycles. The third-order valence-electron chi connectivity index (χ3n) is 4.93. The highest BCUT2D eigenvalue weighted by Gasteiger charge is 2.22. The maximum atomic E-state index is 12.3. The number of carbonyl (C=O) groups excluding carboxylic acids is 1. The molecule has 1 unspecified atom stereocenters. The molecule has 0 radical (unpaired) electrons. The van der Waals surface area contributed by atoms with Gasteiger partial charge in [0.15, 0.2) is 0 Å². The van der Waals surface area contributed by atoms with Gasteiger partial charge in [-0.25, -0.2) is 4.98 Å². The van der Waals surface area contributed by atoms with Crippen molar-refractivity contribution in [2.24, 2.45) is 0 Å². The van der Waals surface area contributed by atoms with Gasteiger partial charge in [0.1, 0.15) is 0 Å². The van der Waals surface area contributed by atoms with Gasteiger partial charge < -0.3 is 15.0 Å². The van der Waals surface area contributed by atoms with Crippen molar-refractivity contribution < 1.29 is 9.90 Å². The number of nitrogens with one attached hydrogen (secondary N) is 1. The van der Waals surface area contributed by atoms with E-state index in [-0.39, 0.29) is 18.6 Å². The molecule has 0 fully saturated rings. The molecule has 2 aromatic carbocycles. The van der Waals surface area contributed by atoms with Crippen molar-refractivity contribution in [3.8, 4) is 5.69 Å². The summed E-state index contributed by atoms with van der Waals surface area (Å²) in [7, 11) is 0. The fraction of sp³-hybridized carbons (Fsp3) is 0.182. The number of imidazole rings is 1. The summed E-state index contributed by atoms with van der Waals surface area (Å²) in [5.74, 6) is -0.110. The predicted octanol–water partition coefficient (Wildman–Crippen LogP) is 3.18. The molecule has 1 aliphatic rings. The largest absolute Gasteiger partial charge is 0.392 e. The number of fused-ring (bicyclic) bond motifs is 1. The Kier molecular flexibility index (Phi) is 4.85. The minimum Gasteiger partial charge on any atom is -0.392 e. The van der Waals surface area contributed by atoms with Crippen LogP contribution in [0.5, 0.6) is 0 Å². The number of rotatable bonds is 5. The Bertz CT molecular complexity index is 977. The van der Waals surface area contributed by atoms with Crippen LogP contribution in [-0.2, 0) is 17.8 Å². The molecule has 2 N–H and O–H groups in total. The Balaban J connectivity index is 1.46. The predicted molar refractivity (Wildman–Crippen MR) is 104 cm³/mol. The Labute approximate surface area is 158 Å². The first-order valence-electron chi connectivity index (χ1n) is 9.03. The van der Waals surface area contributed by atoms with Crippen LogP contribution in [0.3, 0.4) is 0 Å². The van der Waals surface area contributed by atoms with E-state index >= 15 is 0 Å². The zero-order valence-corrected chi connectivity index (χ0v) is 14.9. The smallest absolute Gasteiger partial charge is 0.244 e.